The van der Waals surface area contributed by atoms with E-state index in [1.54, 1.807) is 0 Å². The van der Waals surface area contributed by atoms with Gasteiger partial charge >= 0.3 is 0 Å². The monoisotopic (exact) mass is 215 g/mol. The maximum absolute atomic E-state index is 6.11. The zero-order valence-corrected chi connectivity index (χ0v) is 12.3. The van der Waals surface area contributed by atoms with Gasteiger partial charge in [-0.05, 0) is 31.6 Å². The molecule has 1 nitrogen and oxygen atoms in total. The summed E-state index contributed by atoms with van der Waals surface area (Å²) in [5, 5.41) is 0. The second-order valence-corrected chi connectivity index (χ2v) is 5.39. The highest BCUT2D eigenvalue weighted by atomic mass is 14.7. The Kier molecular flexibility index (Phi) is 8.41. The average molecular weight is 215 g/mol. The van der Waals surface area contributed by atoms with Gasteiger partial charge in [-0.1, -0.05) is 54.4 Å². The van der Waals surface area contributed by atoms with Crippen molar-refractivity contribution in [2.45, 2.75) is 80.2 Å². The van der Waals surface area contributed by atoms with Gasteiger partial charge in [0.1, 0.15) is 0 Å². The minimum atomic E-state index is -0.0315. The van der Waals surface area contributed by atoms with Crippen molar-refractivity contribution in [3.8, 4) is 0 Å². The van der Waals surface area contributed by atoms with Crippen LogP contribution in [0.3, 0.4) is 0 Å². The molecule has 0 spiro atoms. The third kappa shape index (κ3) is 6.19. The molecule has 0 aromatic heterocycles. The molecule has 0 heterocycles. The molecule has 0 aliphatic heterocycles. The normalized spacial score (nSPS) is 12.4. The van der Waals surface area contributed by atoms with Crippen LogP contribution in [0, 0.1) is 11.3 Å². The fraction of sp³-hybridized carbons (Fsp3) is 1.00. The second-order valence-electron chi connectivity index (χ2n) is 5.39. The highest BCUT2D eigenvalue weighted by Crippen LogP contribution is 2.41. The van der Waals surface area contributed by atoms with Crippen LogP contribution in [0.2, 0.25) is 0 Å². The van der Waals surface area contributed by atoms with E-state index in [0.29, 0.717) is 5.41 Å². The largest absolute Gasteiger partial charge is 0.326 e. The highest BCUT2D eigenvalue weighted by Gasteiger charge is 2.34. The van der Waals surface area contributed by atoms with Crippen molar-refractivity contribution in [2.75, 3.05) is 0 Å². The molecule has 0 aromatic carbocycles. The van der Waals surface area contributed by atoms with Crippen LogP contribution in [-0.4, -0.2) is 5.54 Å². The molecule has 15 heavy (non-hydrogen) atoms. The lowest BCUT2D eigenvalue weighted by Crippen LogP contribution is -2.41. The van der Waals surface area contributed by atoms with E-state index < -0.39 is 0 Å². The van der Waals surface area contributed by atoms with Gasteiger partial charge in [-0.3, -0.25) is 0 Å². The van der Waals surface area contributed by atoms with E-state index in [4.69, 9.17) is 5.73 Å². The zero-order chi connectivity index (χ0) is 12.7. The lowest BCUT2D eigenvalue weighted by Gasteiger charge is -2.41. The van der Waals surface area contributed by atoms with Crippen LogP contribution in [0.15, 0.2) is 0 Å². The van der Waals surface area contributed by atoms with E-state index in [1.165, 1.54) is 12.8 Å². The fourth-order valence-electron chi connectivity index (χ4n) is 2.43. The second kappa shape index (κ2) is 7.27. The van der Waals surface area contributed by atoms with Crippen molar-refractivity contribution in [3.05, 3.63) is 0 Å². The van der Waals surface area contributed by atoms with Gasteiger partial charge in [-0.2, -0.15) is 0 Å². The highest BCUT2D eigenvalue weighted by molar-refractivity contribution is 4.88. The van der Waals surface area contributed by atoms with Crippen LogP contribution in [0.4, 0.5) is 0 Å². The first-order valence-corrected chi connectivity index (χ1v) is 6.56. The summed E-state index contributed by atoms with van der Waals surface area (Å²) in [6.07, 6.45) is 3.61. The molecule has 94 valence electrons. The van der Waals surface area contributed by atoms with E-state index >= 15 is 0 Å². The lowest BCUT2D eigenvalue weighted by atomic mass is 9.66. The third-order valence-corrected chi connectivity index (χ3v) is 3.44. The van der Waals surface area contributed by atoms with Gasteiger partial charge in [0.15, 0.2) is 0 Å². The number of hydrogen-bond acceptors (Lipinski definition) is 1. The maximum Gasteiger partial charge on any atom is 0.0102 e. The van der Waals surface area contributed by atoms with Gasteiger partial charge in [0.2, 0.25) is 0 Å². The van der Waals surface area contributed by atoms with E-state index in [0.717, 1.165) is 12.3 Å². The molecule has 0 aliphatic carbocycles. The predicted octanol–water partition coefficient (Wildman–Crippen LogP) is 4.60. The van der Waals surface area contributed by atoms with Gasteiger partial charge in [-0.25, -0.2) is 0 Å². The fourth-order valence-corrected chi connectivity index (χ4v) is 2.43. The van der Waals surface area contributed by atoms with Crippen LogP contribution < -0.4 is 5.73 Å². The Morgan fingerprint density at radius 1 is 1.00 bits per heavy atom. The molecule has 0 rings (SSSR count). The van der Waals surface area contributed by atoms with Crippen molar-refractivity contribution >= 4 is 0 Å². The third-order valence-electron chi connectivity index (χ3n) is 3.44. The van der Waals surface area contributed by atoms with Crippen LogP contribution in [0.25, 0.3) is 0 Å². The first-order chi connectivity index (χ1) is 6.77. The van der Waals surface area contributed by atoms with Crippen molar-refractivity contribution in [1.82, 2.24) is 0 Å². The minimum Gasteiger partial charge on any atom is -0.326 e. The quantitative estimate of drug-likeness (QED) is 0.712. The van der Waals surface area contributed by atoms with Crippen LogP contribution >= 0.6 is 0 Å². The Balaban J connectivity index is 0. The molecule has 0 atom stereocenters. The van der Waals surface area contributed by atoms with Gasteiger partial charge in [0.25, 0.3) is 0 Å². The molecule has 0 fully saturated rings. The molecular weight excluding hydrogens is 182 g/mol. The summed E-state index contributed by atoms with van der Waals surface area (Å²) in [4.78, 5) is 0. The Bertz CT molecular complexity index is 138. The summed E-state index contributed by atoms with van der Waals surface area (Å²) in [6, 6.07) is 0. The van der Waals surface area contributed by atoms with E-state index in [9.17, 15) is 0 Å². The molecule has 0 unspecified atom stereocenters. The first kappa shape index (κ1) is 17.4. The van der Waals surface area contributed by atoms with Crippen LogP contribution in [-0.2, 0) is 0 Å². The van der Waals surface area contributed by atoms with E-state index in [1.807, 2.05) is 13.8 Å². The van der Waals surface area contributed by atoms with Gasteiger partial charge in [-0.15, -0.1) is 0 Å². The number of nitrogens with two attached hydrogens (primary N) is 1. The summed E-state index contributed by atoms with van der Waals surface area (Å²) in [5.74, 6) is 0.727. The Hall–Kier alpha value is -0.0400. The summed E-state index contributed by atoms with van der Waals surface area (Å²) >= 11 is 0. The molecule has 0 radical (unpaired) electrons. The van der Waals surface area contributed by atoms with Crippen LogP contribution in [0.1, 0.15) is 74.7 Å². The van der Waals surface area contributed by atoms with Crippen molar-refractivity contribution < 1.29 is 0 Å². The van der Waals surface area contributed by atoms with Crippen molar-refractivity contribution in [2.24, 2.45) is 17.1 Å². The Labute approximate surface area is 97.8 Å². The summed E-state index contributed by atoms with van der Waals surface area (Å²) < 4.78 is 0. The van der Waals surface area contributed by atoms with Gasteiger partial charge in [0.05, 0.1) is 0 Å². The maximum atomic E-state index is 6.11. The van der Waals surface area contributed by atoms with Gasteiger partial charge < -0.3 is 5.73 Å². The Morgan fingerprint density at radius 3 is 1.40 bits per heavy atom. The molecule has 2 N–H and O–H groups in total. The molecule has 1 heteroatoms. The van der Waals surface area contributed by atoms with Crippen molar-refractivity contribution in [1.29, 1.82) is 0 Å². The molecule has 0 saturated carbocycles. The van der Waals surface area contributed by atoms with E-state index in [2.05, 4.69) is 41.5 Å². The van der Waals surface area contributed by atoms with Crippen LogP contribution in [0.5, 0.6) is 0 Å². The molecule has 0 bridgehead atoms. The standard InChI is InChI=1S/C12H27N.C2H6/c1-7-12(8-2,10(3)4)9-11(5,6)13;1-2/h10H,7-9,13H2,1-6H3;1-2H3. The SMILES string of the molecule is CC.CCC(CC)(CC(C)(C)N)C(C)C. The summed E-state index contributed by atoms with van der Waals surface area (Å²) in [5.41, 5.74) is 6.52. The Morgan fingerprint density at radius 2 is 1.33 bits per heavy atom. The predicted molar refractivity (Wildman–Crippen MR) is 72.1 cm³/mol. The smallest absolute Gasteiger partial charge is 0.0102 e. The number of hydrogen-bond donors (Lipinski definition) is 1. The van der Waals surface area contributed by atoms with E-state index in [-0.39, 0.29) is 5.54 Å². The molecular formula is C14H33N. The summed E-state index contributed by atoms with van der Waals surface area (Å²) in [7, 11) is 0. The first-order valence-electron chi connectivity index (χ1n) is 6.56. The summed E-state index contributed by atoms with van der Waals surface area (Å²) in [6.45, 7) is 17.5. The molecule has 0 aromatic rings. The van der Waals surface area contributed by atoms with Gasteiger partial charge in [0, 0.05) is 5.54 Å². The molecule has 0 saturated heterocycles. The minimum absolute atomic E-state index is 0.0315. The zero-order valence-electron chi connectivity index (χ0n) is 12.3. The average Bonchev–Trinajstić information content (AvgIpc) is 2.15. The topological polar surface area (TPSA) is 26.0 Å². The molecule has 0 aliphatic rings. The lowest BCUT2D eigenvalue weighted by molar-refractivity contribution is 0.120. The molecule has 0 amide bonds. The number of rotatable bonds is 5. The van der Waals surface area contributed by atoms with Crippen molar-refractivity contribution in [3.63, 3.8) is 0 Å².